The summed E-state index contributed by atoms with van der Waals surface area (Å²) in [5.41, 5.74) is 2.62. The fourth-order valence-electron chi connectivity index (χ4n) is 2.60. The smallest absolute Gasteiger partial charge is 0.323 e. The van der Waals surface area contributed by atoms with Gasteiger partial charge in [0.25, 0.3) is 0 Å². The van der Waals surface area contributed by atoms with Crippen LogP contribution in [0.1, 0.15) is 18.3 Å². The number of urea groups is 1. The van der Waals surface area contributed by atoms with Gasteiger partial charge in [-0.3, -0.25) is 0 Å². The van der Waals surface area contributed by atoms with Gasteiger partial charge >= 0.3 is 12.0 Å². The van der Waals surface area contributed by atoms with Crippen molar-refractivity contribution in [2.24, 2.45) is 0 Å². The highest BCUT2D eigenvalue weighted by Crippen LogP contribution is 2.21. The van der Waals surface area contributed by atoms with Gasteiger partial charge in [0, 0.05) is 5.69 Å². The molecule has 6 nitrogen and oxygen atoms in total. The van der Waals surface area contributed by atoms with E-state index in [1.807, 2.05) is 63.2 Å². The van der Waals surface area contributed by atoms with Crippen molar-refractivity contribution in [1.82, 2.24) is 9.97 Å². The number of anilines is 2. The van der Waals surface area contributed by atoms with E-state index in [0.717, 1.165) is 16.5 Å². The summed E-state index contributed by atoms with van der Waals surface area (Å²) in [5, 5.41) is 7.85. The molecule has 0 aliphatic carbocycles. The van der Waals surface area contributed by atoms with E-state index >= 15 is 0 Å². The Kier molecular flexibility index (Phi) is 4.79. The molecule has 0 unspecified atom stereocenters. The number of fused-ring (bicyclic) bond motifs is 1. The number of aryl methyl sites for hydroxylation is 2. The molecule has 6 heteroatoms. The maximum Gasteiger partial charge on any atom is 0.323 e. The zero-order valence-corrected chi connectivity index (χ0v) is 14.5. The Balaban J connectivity index is 1.75. The highest BCUT2D eigenvalue weighted by atomic mass is 16.5. The highest BCUT2D eigenvalue weighted by molar-refractivity contribution is 6.01. The predicted octanol–water partition coefficient (Wildman–Crippen LogP) is 4.29. The standard InChI is InChI=1S/C19H20N4O2/c1-4-25-19-20-12(2)17(13(3)21-19)23-18(24)22-16-10-9-14-7-5-6-8-15(14)11-16/h5-11H,4H2,1-3H3,(H2,22,23,24). The third-order valence-electron chi connectivity index (χ3n) is 3.77. The minimum Gasteiger partial charge on any atom is -0.464 e. The van der Waals surface area contributed by atoms with Crippen molar-refractivity contribution in [3.8, 4) is 6.01 Å². The number of rotatable bonds is 4. The van der Waals surface area contributed by atoms with Gasteiger partial charge in [-0.2, -0.15) is 9.97 Å². The number of aromatic nitrogens is 2. The number of carbonyl (C=O) groups is 1. The SMILES string of the molecule is CCOc1nc(C)c(NC(=O)Nc2ccc3ccccc3c2)c(C)n1. The summed E-state index contributed by atoms with van der Waals surface area (Å²) in [6.07, 6.45) is 0. The molecular weight excluding hydrogens is 316 g/mol. The first-order chi connectivity index (χ1) is 12.1. The third kappa shape index (κ3) is 3.85. The van der Waals surface area contributed by atoms with Crippen molar-refractivity contribution in [1.29, 1.82) is 0 Å². The van der Waals surface area contributed by atoms with Crippen LogP contribution in [0.2, 0.25) is 0 Å². The maximum absolute atomic E-state index is 12.3. The molecule has 0 aliphatic rings. The molecule has 0 radical (unpaired) electrons. The average Bonchev–Trinajstić information content (AvgIpc) is 2.58. The Morgan fingerprint density at radius 1 is 1.00 bits per heavy atom. The molecule has 0 aliphatic heterocycles. The second-order valence-electron chi connectivity index (χ2n) is 5.63. The van der Waals surface area contributed by atoms with E-state index < -0.39 is 0 Å². The number of benzene rings is 2. The summed E-state index contributed by atoms with van der Waals surface area (Å²) in [4.78, 5) is 20.8. The van der Waals surface area contributed by atoms with E-state index in [9.17, 15) is 4.79 Å². The molecule has 128 valence electrons. The predicted molar refractivity (Wildman–Crippen MR) is 99.3 cm³/mol. The number of ether oxygens (including phenoxy) is 1. The summed E-state index contributed by atoms with van der Waals surface area (Å²) < 4.78 is 5.31. The van der Waals surface area contributed by atoms with E-state index in [4.69, 9.17) is 4.74 Å². The van der Waals surface area contributed by atoms with Crippen LogP contribution in [0.4, 0.5) is 16.2 Å². The minimum atomic E-state index is -0.339. The first-order valence-electron chi connectivity index (χ1n) is 8.11. The van der Waals surface area contributed by atoms with Crippen molar-refractivity contribution in [3.05, 3.63) is 53.9 Å². The molecule has 0 spiro atoms. The molecule has 0 saturated carbocycles. The minimum absolute atomic E-state index is 0.318. The summed E-state index contributed by atoms with van der Waals surface area (Å²) >= 11 is 0. The monoisotopic (exact) mass is 336 g/mol. The molecule has 25 heavy (non-hydrogen) atoms. The molecule has 0 fully saturated rings. The zero-order valence-electron chi connectivity index (χ0n) is 14.5. The van der Waals surface area contributed by atoms with Crippen LogP contribution in [0.15, 0.2) is 42.5 Å². The van der Waals surface area contributed by atoms with Gasteiger partial charge in [-0.25, -0.2) is 4.79 Å². The molecule has 0 atom stereocenters. The second-order valence-corrected chi connectivity index (χ2v) is 5.63. The molecule has 1 heterocycles. The van der Waals surface area contributed by atoms with Gasteiger partial charge in [0.15, 0.2) is 0 Å². The van der Waals surface area contributed by atoms with Gasteiger partial charge < -0.3 is 15.4 Å². The molecule has 1 aromatic heterocycles. The third-order valence-corrected chi connectivity index (χ3v) is 3.77. The Hall–Kier alpha value is -3.15. The normalized spacial score (nSPS) is 10.5. The van der Waals surface area contributed by atoms with Crippen LogP contribution in [0.25, 0.3) is 10.8 Å². The Labute approximate surface area is 146 Å². The van der Waals surface area contributed by atoms with E-state index in [-0.39, 0.29) is 6.03 Å². The summed E-state index contributed by atoms with van der Waals surface area (Å²) in [5.74, 6) is 0. The van der Waals surface area contributed by atoms with E-state index in [1.54, 1.807) is 0 Å². The quantitative estimate of drug-likeness (QED) is 0.745. The maximum atomic E-state index is 12.3. The molecule has 2 aromatic carbocycles. The van der Waals surface area contributed by atoms with Crippen LogP contribution >= 0.6 is 0 Å². The Morgan fingerprint density at radius 2 is 1.68 bits per heavy atom. The van der Waals surface area contributed by atoms with E-state index in [1.165, 1.54) is 0 Å². The van der Waals surface area contributed by atoms with Crippen molar-refractivity contribution in [3.63, 3.8) is 0 Å². The first kappa shape index (κ1) is 16.7. The molecule has 3 aromatic rings. The number of carbonyl (C=O) groups excluding carboxylic acids is 1. The number of nitrogens with one attached hydrogen (secondary N) is 2. The average molecular weight is 336 g/mol. The molecule has 3 rings (SSSR count). The van der Waals surface area contributed by atoms with Gasteiger partial charge in [0.2, 0.25) is 0 Å². The van der Waals surface area contributed by atoms with Gasteiger partial charge in [-0.05, 0) is 43.7 Å². The lowest BCUT2D eigenvalue weighted by molar-refractivity contribution is 0.262. The Bertz CT molecular complexity index is 901. The lowest BCUT2D eigenvalue weighted by Gasteiger charge is -2.13. The first-order valence-corrected chi connectivity index (χ1v) is 8.11. The summed E-state index contributed by atoms with van der Waals surface area (Å²) in [7, 11) is 0. The molecule has 0 bridgehead atoms. The number of nitrogens with zero attached hydrogens (tertiary/aromatic N) is 2. The van der Waals surface area contributed by atoms with E-state index in [2.05, 4.69) is 20.6 Å². The highest BCUT2D eigenvalue weighted by Gasteiger charge is 2.12. The van der Waals surface area contributed by atoms with Crippen LogP contribution in [0, 0.1) is 13.8 Å². The van der Waals surface area contributed by atoms with Gasteiger partial charge in [-0.1, -0.05) is 30.3 Å². The summed E-state index contributed by atoms with van der Waals surface area (Å²) in [6, 6.07) is 13.7. The van der Waals surface area contributed by atoms with Crippen molar-refractivity contribution in [2.75, 3.05) is 17.2 Å². The zero-order chi connectivity index (χ0) is 17.8. The number of hydrogen-bond acceptors (Lipinski definition) is 4. The van der Waals surface area contributed by atoms with Gasteiger partial charge in [0.1, 0.15) is 0 Å². The van der Waals surface area contributed by atoms with Crippen LogP contribution in [-0.4, -0.2) is 22.6 Å². The number of hydrogen-bond donors (Lipinski definition) is 2. The van der Waals surface area contributed by atoms with Crippen LogP contribution in [0.3, 0.4) is 0 Å². The largest absolute Gasteiger partial charge is 0.464 e. The topological polar surface area (TPSA) is 76.1 Å². The lowest BCUT2D eigenvalue weighted by Crippen LogP contribution is -2.21. The molecule has 2 amide bonds. The molecule has 0 saturated heterocycles. The van der Waals surface area contributed by atoms with Crippen LogP contribution < -0.4 is 15.4 Å². The van der Waals surface area contributed by atoms with Crippen molar-refractivity contribution >= 4 is 28.2 Å². The fraction of sp³-hybridized carbons (Fsp3) is 0.211. The van der Waals surface area contributed by atoms with Gasteiger partial charge in [0.05, 0.1) is 23.7 Å². The van der Waals surface area contributed by atoms with Crippen molar-refractivity contribution < 1.29 is 9.53 Å². The van der Waals surface area contributed by atoms with Crippen LogP contribution in [0.5, 0.6) is 6.01 Å². The molecule has 2 N–H and O–H groups in total. The fourth-order valence-corrected chi connectivity index (χ4v) is 2.60. The number of amides is 2. The summed E-state index contributed by atoms with van der Waals surface area (Å²) in [6.45, 7) is 5.98. The Morgan fingerprint density at radius 3 is 2.36 bits per heavy atom. The van der Waals surface area contributed by atoms with Crippen molar-refractivity contribution in [2.45, 2.75) is 20.8 Å². The molecular formula is C19H20N4O2. The van der Waals surface area contributed by atoms with Gasteiger partial charge in [-0.15, -0.1) is 0 Å². The second kappa shape index (κ2) is 7.17. The lowest BCUT2D eigenvalue weighted by atomic mass is 10.1. The van der Waals surface area contributed by atoms with E-state index in [0.29, 0.717) is 29.7 Å². The van der Waals surface area contributed by atoms with Crippen LogP contribution in [-0.2, 0) is 0 Å².